The van der Waals surface area contributed by atoms with Gasteiger partial charge < -0.3 is 19.6 Å². The Morgan fingerprint density at radius 1 is 1.20 bits per heavy atom. The molecular weight excluding hydrogens is 423 g/mol. The van der Waals surface area contributed by atoms with Crippen LogP contribution in [0.4, 0.5) is 24.0 Å². The number of carboxylic acids is 1. The SMILES string of the molecule is O=C(O)c1sc(N2CCOCC2)nc1CC(=O)N1CCc2c1cccc2C(F)(F)F. The summed E-state index contributed by atoms with van der Waals surface area (Å²) in [4.78, 5) is 32.0. The zero-order chi connectivity index (χ0) is 21.5. The Hall–Kier alpha value is -2.66. The number of aromatic carboxylic acids is 1. The van der Waals surface area contributed by atoms with Gasteiger partial charge in [0.1, 0.15) is 4.88 Å². The molecule has 0 atom stereocenters. The van der Waals surface area contributed by atoms with Crippen LogP contribution >= 0.6 is 11.3 Å². The fraction of sp³-hybridized carbons (Fsp3) is 0.421. The maximum atomic E-state index is 13.2. The minimum absolute atomic E-state index is 0.0340. The Bertz CT molecular complexity index is 986. The third kappa shape index (κ3) is 3.86. The highest BCUT2D eigenvalue weighted by Gasteiger charge is 2.38. The second-order valence-electron chi connectivity index (χ2n) is 6.95. The van der Waals surface area contributed by atoms with E-state index in [0.29, 0.717) is 31.4 Å². The third-order valence-electron chi connectivity index (χ3n) is 5.11. The predicted molar refractivity (Wildman–Crippen MR) is 103 cm³/mol. The molecule has 160 valence electrons. The molecule has 0 bridgehead atoms. The molecule has 0 radical (unpaired) electrons. The summed E-state index contributed by atoms with van der Waals surface area (Å²) >= 11 is 0.990. The first-order chi connectivity index (χ1) is 14.3. The fourth-order valence-corrected chi connectivity index (χ4v) is 4.69. The summed E-state index contributed by atoms with van der Waals surface area (Å²) in [5, 5.41) is 10.0. The lowest BCUT2D eigenvalue weighted by atomic mass is 10.0. The van der Waals surface area contributed by atoms with Crippen molar-refractivity contribution in [3.63, 3.8) is 0 Å². The molecule has 2 aliphatic rings. The van der Waals surface area contributed by atoms with Gasteiger partial charge in [-0.25, -0.2) is 9.78 Å². The van der Waals surface area contributed by atoms with E-state index >= 15 is 0 Å². The summed E-state index contributed by atoms with van der Waals surface area (Å²) in [7, 11) is 0. The van der Waals surface area contributed by atoms with Gasteiger partial charge in [0, 0.05) is 25.3 Å². The average Bonchev–Trinajstić information content (AvgIpc) is 3.32. The van der Waals surface area contributed by atoms with Crippen LogP contribution < -0.4 is 9.80 Å². The lowest BCUT2D eigenvalue weighted by Crippen LogP contribution is -2.36. The Balaban J connectivity index is 1.58. The first-order valence-electron chi connectivity index (χ1n) is 9.31. The highest BCUT2D eigenvalue weighted by Crippen LogP contribution is 2.39. The van der Waals surface area contributed by atoms with Gasteiger partial charge in [0.15, 0.2) is 5.13 Å². The topological polar surface area (TPSA) is 83.0 Å². The van der Waals surface area contributed by atoms with Crippen molar-refractivity contribution in [3.05, 3.63) is 39.9 Å². The van der Waals surface area contributed by atoms with Crippen molar-refractivity contribution in [2.75, 3.05) is 42.6 Å². The van der Waals surface area contributed by atoms with Gasteiger partial charge in [-0.1, -0.05) is 17.4 Å². The zero-order valence-corrected chi connectivity index (χ0v) is 16.6. The van der Waals surface area contributed by atoms with E-state index in [-0.39, 0.29) is 41.2 Å². The number of thiazole rings is 1. The number of morpholine rings is 1. The van der Waals surface area contributed by atoms with E-state index in [1.54, 1.807) is 0 Å². The average molecular weight is 441 g/mol. The van der Waals surface area contributed by atoms with Crippen LogP contribution in [0.25, 0.3) is 0 Å². The van der Waals surface area contributed by atoms with E-state index in [4.69, 9.17) is 4.74 Å². The molecule has 4 rings (SSSR count). The lowest BCUT2D eigenvalue weighted by molar-refractivity contribution is -0.138. The van der Waals surface area contributed by atoms with E-state index < -0.39 is 23.6 Å². The molecule has 0 aliphatic carbocycles. The van der Waals surface area contributed by atoms with Gasteiger partial charge in [0.2, 0.25) is 5.91 Å². The summed E-state index contributed by atoms with van der Waals surface area (Å²) in [5.74, 6) is -1.66. The normalized spacial score (nSPS) is 16.6. The molecule has 11 heteroatoms. The molecule has 1 aromatic carbocycles. The second kappa shape index (κ2) is 7.88. The number of anilines is 2. The van der Waals surface area contributed by atoms with Crippen LogP contribution in [-0.4, -0.2) is 54.8 Å². The van der Waals surface area contributed by atoms with Crippen LogP contribution in [0.3, 0.4) is 0 Å². The van der Waals surface area contributed by atoms with E-state index in [9.17, 15) is 27.9 Å². The van der Waals surface area contributed by atoms with E-state index in [1.165, 1.54) is 17.0 Å². The number of alkyl halides is 3. The van der Waals surface area contributed by atoms with Crippen molar-refractivity contribution in [2.45, 2.75) is 19.0 Å². The van der Waals surface area contributed by atoms with Crippen LogP contribution in [0.15, 0.2) is 18.2 Å². The number of carboxylic acid groups (broad SMARTS) is 1. The molecule has 0 unspecified atom stereocenters. The number of fused-ring (bicyclic) bond motifs is 1. The molecule has 1 amide bonds. The monoisotopic (exact) mass is 441 g/mol. The molecule has 2 aliphatic heterocycles. The van der Waals surface area contributed by atoms with Crippen molar-refractivity contribution in [1.82, 2.24) is 4.98 Å². The first-order valence-corrected chi connectivity index (χ1v) is 10.1. The number of carbonyl (C=O) groups excluding carboxylic acids is 1. The number of amides is 1. The summed E-state index contributed by atoms with van der Waals surface area (Å²) in [6.07, 6.45) is -4.69. The fourth-order valence-electron chi connectivity index (χ4n) is 3.71. The summed E-state index contributed by atoms with van der Waals surface area (Å²) in [5.41, 5.74) is -0.316. The van der Waals surface area contributed by atoms with Crippen molar-refractivity contribution in [3.8, 4) is 0 Å². The van der Waals surface area contributed by atoms with Crippen LogP contribution in [0.2, 0.25) is 0 Å². The van der Waals surface area contributed by atoms with Crippen molar-refractivity contribution < 1.29 is 32.6 Å². The number of rotatable bonds is 4. The van der Waals surface area contributed by atoms with Crippen molar-refractivity contribution in [1.29, 1.82) is 0 Å². The van der Waals surface area contributed by atoms with Gasteiger partial charge in [0.05, 0.1) is 30.9 Å². The Morgan fingerprint density at radius 3 is 2.60 bits per heavy atom. The van der Waals surface area contributed by atoms with Crippen LogP contribution in [-0.2, 0) is 28.5 Å². The van der Waals surface area contributed by atoms with Crippen molar-refractivity contribution >= 4 is 34.0 Å². The van der Waals surface area contributed by atoms with Gasteiger partial charge in [-0.05, 0) is 24.1 Å². The van der Waals surface area contributed by atoms with E-state index in [0.717, 1.165) is 17.4 Å². The van der Waals surface area contributed by atoms with E-state index in [1.807, 2.05) is 4.90 Å². The third-order valence-corrected chi connectivity index (χ3v) is 6.26. The molecular formula is C19H18F3N3O4S. The van der Waals surface area contributed by atoms with Crippen LogP contribution in [0.5, 0.6) is 0 Å². The van der Waals surface area contributed by atoms with Gasteiger partial charge in [-0.3, -0.25) is 4.79 Å². The molecule has 0 spiro atoms. The molecule has 1 aromatic heterocycles. The van der Waals surface area contributed by atoms with E-state index in [2.05, 4.69) is 4.98 Å². The molecule has 30 heavy (non-hydrogen) atoms. The lowest BCUT2D eigenvalue weighted by Gasteiger charge is -2.26. The summed E-state index contributed by atoms with van der Waals surface area (Å²) in [6.45, 7) is 2.26. The standard InChI is InChI=1S/C19H18F3N3O4S/c20-19(21,22)12-2-1-3-14-11(12)4-5-25(14)15(26)10-13-16(17(27)28)30-18(23-13)24-6-8-29-9-7-24/h1-3H,4-10H2,(H,27,28). The summed E-state index contributed by atoms with van der Waals surface area (Å²) in [6, 6.07) is 3.76. The predicted octanol–water partition coefficient (Wildman–Crippen LogP) is 2.83. The molecule has 7 nitrogen and oxygen atoms in total. The number of halogens is 3. The van der Waals surface area contributed by atoms with Crippen LogP contribution in [0, 0.1) is 0 Å². The highest BCUT2D eigenvalue weighted by molar-refractivity contribution is 7.17. The molecule has 3 heterocycles. The maximum Gasteiger partial charge on any atom is 0.416 e. The minimum atomic E-state index is -4.50. The number of aromatic nitrogens is 1. The largest absolute Gasteiger partial charge is 0.477 e. The molecule has 2 aromatic rings. The number of hydrogen-bond donors (Lipinski definition) is 1. The summed E-state index contributed by atoms with van der Waals surface area (Å²) < 4.78 is 45.0. The first kappa shape index (κ1) is 20.6. The zero-order valence-electron chi connectivity index (χ0n) is 15.7. The molecule has 1 N–H and O–H groups in total. The molecule has 1 fully saturated rings. The number of benzene rings is 1. The van der Waals surface area contributed by atoms with Crippen LogP contribution in [0.1, 0.15) is 26.5 Å². The Kier molecular flexibility index (Phi) is 5.41. The highest BCUT2D eigenvalue weighted by atomic mass is 32.1. The Labute approximate surface area is 173 Å². The number of nitrogens with zero attached hydrogens (tertiary/aromatic N) is 3. The number of hydrogen-bond acceptors (Lipinski definition) is 6. The number of ether oxygens (including phenoxy) is 1. The number of carbonyl (C=O) groups is 2. The quantitative estimate of drug-likeness (QED) is 0.786. The smallest absolute Gasteiger partial charge is 0.416 e. The molecule has 0 saturated carbocycles. The van der Waals surface area contributed by atoms with Crippen molar-refractivity contribution in [2.24, 2.45) is 0 Å². The second-order valence-corrected chi connectivity index (χ2v) is 7.93. The van der Waals surface area contributed by atoms with Gasteiger partial charge in [-0.15, -0.1) is 0 Å². The van der Waals surface area contributed by atoms with Gasteiger partial charge in [0.25, 0.3) is 0 Å². The van der Waals surface area contributed by atoms with Gasteiger partial charge in [-0.2, -0.15) is 13.2 Å². The van der Waals surface area contributed by atoms with Gasteiger partial charge >= 0.3 is 12.1 Å². The Morgan fingerprint density at radius 2 is 1.93 bits per heavy atom. The maximum absolute atomic E-state index is 13.2. The minimum Gasteiger partial charge on any atom is -0.477 e. The molecule has 1 saturated heterocycles.